The maximum Gasteiger partial charge on any atom is 0.204 e. The van der Waals surface area contributed by atoms with Crippen LogP contribution in [0, 0.1) is 6.92 Å². The number of hydrogen-bond donors (Lipinski definition) is 2. The van der Waals surface area contributed by atoms with Crippen LogP contribution in [0.2, 0.25) is 0 Å². The van der Waals surface area contributed by atoms with E-state index in [-0.39, 0.29) is 39.6 Å². The van der Waals surface area contributed by atoms with E-state index in [9.17, 15) is 15.0 Å². The molecule has 6 nitrogen and oxygen atoms in total. The lowest BCUT2D eigenvalue weighted by Gasteiger charge is -2.12. The molecule has 0 aliphatic rings. The van der Waals surface area contributed by atoms with Crippen molar-refractivity contribution in [2.75, 3.05) is 14.2 Å². The van der Waals surface area contributed by atoms with Crippen LogP contribution in [-0.2, 0) is 0 Å². The number of hydrogen-bond acceptors (Lipinski definition) is 6. The first kappa shape index (κ1) is 14.1. The van der Waals surface area contributed by atoms with Crippen molar-refractivity contribution in [3.05, 3.63) is 34.0 Å². The second-order valence-corrected chi connectivity index (χ2v) is 4.90. The topological polar surface area (TPSA) is 89.1 Å². The van der Waals surface area contributed by atoms with Gasteiger partial charge in [-0.05, 0) is 18.6 Å². The van der Waals surface area contributed by atoms with Crippen LogP contribution in [0.3, 0.4) is 0 Å². The summed E-state index contributed by atoms with van der Waals surface area (Å²) in [7, 11) is 2.79. The summed E-state index contributed by atoms with van der Waals surface area (Å²) < 4.78 is 15.9. The maximum atomic E-state index is 12.7. The number of rotatable bonds is 2. The summed E-state index contributed by atoms with van der Waals surface area (Å²) in [5, 5.41) is 20.3. The van der Waals surface area contributed by atoms with E-state index in [0.717, 1.165) is 0 Å². The Morgan fingerprint density at radius 2 is 1.68 bits per heavy atom. The van der Waals surface area contributed by atoms with Crippen molar-refractivity contribution in [2.24, 2.45) is 0 Å². The van der Waals surface area contributed by atoms with Crippen LogP contribution in [0.25, 0.3) is 21.9 Å². The van der Waals surface area contributed by atoms with Crippen LogP contribution in [0.4, 0.5) is 0 Å². The van der Waals surface area contributed by atoms with Gasteiger partial charge in [-0.25, -0.2) is 0 Å². The molecule has 0 bridgehead atoms. The Morgan fingerprint density at radius 3 is 2.32 bits per heavy atom. The van der Waals surface area contributed by atoms with Crippen molar-refractivity contribution in [3.8, 4) is 23.0 Å². The van der Waals surface area contributed by atoms with E-state index in [0.29, 0.717) is 10.9 Å². The second kappa shape index (κ2) is 4.84. The number of aryl methyl sites for hydroxylation is 1. The van der Waals surface area contributed by atoms with Crippen LogP contribution in [0.5, 0.6) is 23.0 Å². The molecule has 0 aliphatic heterocycles. The fourth-order valence-corrected chi connectivity index (χ4v) is 2.60. The monoisotopic (exact) mass is 302 g/mol. The molecule has 22 heavy (non-hydrogen) atoms. The normalized spacial score (nSPS) is 11.0. The van der Waals surface area contributed by atoms with Gasteiger partial charge >= 0.3 is 0 Å². The molecule has 3 rings (SSSR count). The van der Waals surface area contributed by atoms with Crippen molar-refractivity contribution in [1.29, 1.82) is 0 Å². The first-order valence-electron chi connectivity index (χ1n) is 6.52. The summed E-state index contributed by atoms with van der Waals surface area (Å²) in [6, 6.07) is 4.29. The van der Waals surface area contributed by atoms with Gasteiger partial charge < -0.3 is 24.1 Å². The summed E-state index contributed by atoms with van der Waals surface area (Å²) in [6.45, 7) is 1.68. The van der Waals surface area contributed by atoms with Gasteiger partial charge in [0.1, 0.15) is 22.3 Å². The molecule has 0 amide bonds. The zero-order chi connectivity index (χ0) is 16.0. The Labute approximate surface area is 125 Å². The quantitative estimate of drug-likeness (QED) is 0.707. The Kier molecular flexibility index (Phi) is 3.09. The SMILES string of the molecule is COc1cc2oc3cc(O)cc(C)c3c(=O)c2c(O)c1OC. The molecular formula is C16H14O6. The van der Waals surface area contributed by atoms with E-state index >= 15 is 0 Å². The molecule has 2 aromatic carbocycles. The minimum atomic E-state index is -0.396. The van der Waals surface area contributed by atoms with Crippen molar-refractivity contribution in [3.63, 3.8) is 0 Å². The summed E-state index contributed by atoms with van der Waals surface area (Å²) in [6.07, 6.45) is 0. The van der Waals surface area contributed by atoms with Gasteiger partial charge in [-0.2, -0.15) is 0 Å². The maximum absolute atomic E-state index is 12.7. The summed E-state index contributed by atoms with van der Waals surface area (Å²) in [5.41, 5.74) is 0.548. The van der Waals surface area contributed by atoms with Gasteiger partial charge in [-0.3, -0.25) is 4.79 Å². The highest BCUT2D eigenvalue weighted by Crippen LogP contribution is 2.42. The minimum absolute atomic E-state index is 0.00259. The van der Waals surface area contributed by atoms with Crippen LogP contribution >= 0.6 is 0 Å². The summed E-state index contributed by atoms with van der Waals surface area (Å²) in [5.74, 6) is -0.0258. The summed E-state index contributed by atoms with van der Waals surface area (Å²) in [4.78, 5) is 12.7. The molecule has 6 heteroatoms. The predicted octanol–water partition coefficient (Wildman–Crippen LogP) is 2.68. The first-order valence-corrected chi connectivity index (χ1v) is 6.52. The number of fused-ring (bicyclic) bond motifs is 2. The van der Waals surface area contributed by atoms with E-state index in [1.165, 1.54) is 32.4 Å². The fraction of sp³-hybridized carbons (Fsp3) is 0.188. The lowest BCUT2D eigenvalue weighted by atomic mass is 10.1. The minimum Gasteiger partial charge on any atom is -0.508 e. The number of methoxy groups -OCH3 is 2. The van der Waals surface area contributed by atoms with Crippen molar-refractivity contribution >= 4 is 21.9 Å². The lowest BCUT2D eigenvalue weighted by Crippen LogP contribution is -2.05. The Morgan fingerprint density at radius 1 is 1.00 bits per heavy atom. The van der Waals surface area contributed by atoms with E-state index in [1.807, 2.05) is 0 Å². The molecule has 0 saturated carbocycles. The van der Waals surface area contributed by atoms with Crippen molar-refractivity contribution in [2.45, 2.75) is 6.92 Å². The highest BCUT2D eigenvalue weighted by molar-refractivity contribution is 5.97. The average molecular weight is 302 g/mol. The zero-order valence-electron chi connectivity index (χ0n) is 12.3. The third-order valence-electron chi connectivity index (χ3n) is 3.57. The predicted molar refractivity (Wildman–Crippen MR) is 81.2 cm³/mol. The van der Waals surface area contributed by atoms with E-state index < -0.39 is 5.43 Å². The molecule has 0 saturated heterocycles. The van der Waals surface area contributed by atoms with Gasteiger partial charge in [0.15, 0.2) is 11.5 Å². The molecule has 2 N–H and O–H groups in total. The highest BCUT2D eigenvalue weighted by Gasteiger charge is 2.20. The number of benzene rings is 2. The largest absolute Gasteiger partial charge is 0.508 e. The van der Waals surface area contributed by atoms with Gasteiger partial charge in [0, 0.05) is 12.1 Å². The smallest absolute Gasteiger partial charge is 0.204 e. The molecule has 114 valence electrons. The Hall–Kier alpha value is -2.89. The van der Waals surface area contributed by atoms with Crippen LogP contribution in [0.1, 0.15) is 5.56 Å². The Balaban J connectivity index is 2.58. The standard InChI is InChI=1S/C16H14O6/c1-7-4-8(17)5-9-12(7)14(18)13-10(22-9)6-11(20-2)16(21-3)15(13)19/h4-6,17,19H,1-3H3. The molecule has 0 fully saturated rings. The second-order valence-electron chi connectivity index (χ2n) is 4.90. The van der Waals surface area contributed by atoms with Gasteiger partial charge in [0.2, 0.25) is 11.2 Å². The van der Waals surface area contributed by atoms with Crippen molar-refractivity contribution < 1.29 is 24.1 Å². The van der Waals surface area contributed by atoms with Crippen LogP contribution < -0.4 is 14.9 Å². The molecule has 0 atom stereocenters. The van der Waals surface area contributed by atoms with Gasteiger partial charge in [0.25, 0.3) is 0 Å². The number of ether oxygens (including phenoxy) is 2. The first-order chi connectivity index (χ1) is 10.5. The molecular weight excluding hydrogens is 288 g/mol. The fourth-order valence-electron chi connectivity index (χ4n) is 2.60. The number of phenolic OH excluding ortho intramolecular Hbond substituents is 2. The lowest BCUT2D eigenvalue weighted by molar-refractivity contribution is 0.334. The third kappa shape index (κ3) is 1.84. The van der Waals surface area contributed by atoms with Crippen LogP contribution in [0.15, 0.2) is 27.4 Å². The van der Waals surface area contributed by atoms with Gasteiger partial charge in [-0.1, -0.05) is 0 Å². The highest BCUT2D eigenvalue weighted by atomic mass is 16.5. The van der Waals surface area contributed by atoms with E-state index in [4.69, 9.17) is 13.9 Å². The molecule has 0 spiro atoms. The number of aromatic hydroxyl groups is 2. The Bertz CT molecular complexity index is 955. The molecule has 0 unspecified atom stereocenters. The average Bonchev–Trinajstić information content (AvgIpc) is 2.45. The zero-order valence-corrected chi connectivity index (χ0v) is 12.3. The number of phenols is 2. The van der Waals surface area contributed by atoms with Crippen molar-refractivity contribution in [1.82, 2.24) is 0 Å². The van der Waals surface area contributed by atoms with E-state index in [1.54, 1.807) is 6.92 Å². The van der Waals surface area contributed by atoms with E-state index in [2.05, 4.69) is 0 Å². The molecule has 0 radical (unpaired) electrons. The molecule has 1 heterocycles. The summed E-state index contributed by atoms with van der Waals surface area (Å²) >= 11 is 0. The van der Waals surface area contributed by atoms with Gasteiger partial charge in [-0.15, -0.1) is 0 Å². The molecule has 1 aromatic heterocycles. The third-order valence-corrected chi connectivity index (χ3v) is 3.57. The van der Waals surface area contributed by atoms with Gasteiger partial charge in [0.05, 0.1) is 19.6 Å². The molecule has 0 aliphatic carbocycles. The van der Waals surface area contributed by atoms with Crippen LogP contribution in [-0.4, -0.2) is 24.4 Å². The molecule has 3 aromatic rings.